The van der Waals surface area contributed by atoms with Crippen molar-refractivity contribution in [1.29, 1.82) is 0 Å². The number of allylic oxidation sites excluding steroid dienone is 2. The zero-order valence-corrected chi connectivity index (χ0v) is 19.2. The van der Waals surface area contributed by atoms with E-state index in [-0.39, 0.29) is 5.91 Å². The van der Waals surface area contributed by atoms with E-state index in [4.69, 9.17) is 10.8 Å². The molecular formula is C25H51NO2. The minimum Gasteiger partial charge on any atom is -0.396 e. The monoisotopic (exact) mass is 397 g/mol. The zero-order valence-electron chi connectivity index (χ0n) is 19.2. The summed E-state index contributed by atoms with van der Waals surface area (Å²) in [4.78, 5) is 10.6. The van der Waals surface area contributed by atoms with Crippen LogP contribution in [0.15, 0.2) is 12.2 Å². The highest BCUT2D eigenvalue weighted by molar-refractivity contribution is 5.73. The summed E-state index contributed by atoms with van der Waals surface area (Å²) in [5.41, 5.74) is 5.13. The summed E-state index contributed by atoms with van der Waals surface area (Å²) in [6.45, 7) is 4.53. The number of aliphatic hydroxyl groups excluding tert-OH is 1. The van der Waals surface area contributed by atoms with Crippen LogP contribution in [0.3, 0.4) is 0 Å². The summed E-state index contributed by atoms with van der Waals surface area (Å²) < 4.78 is 0. The van der Waals surface area contributed by atoms with Gasteiger partial charge in [0.15, 0.2) is 0 Å². The predicted molar refractivity (Wildman–Crippen MR) is 124 cm³/mol. The minimum absolute atomic E-state index is 0.156. The molecule has 3 nitrogen and oxygen atoms in total. The van der Waals surface area contributed by atoms with Gasteiger partial charge in [0.25, 0.3) is 0 Å². The van der Waals surface area contributed by atoms with Crippen LogP contribution in [0.2, 0.25) is 0 Å². The lowest BCUT2D eigenvalue weighted by atomic mass is 10.1. The highest BCUT2D eigenvalue weighted by atomic mass is 16.2. The highest BCUT2D eigenvalue weighted by Gasteiger charge is 1.95. The Morgan fingerprint density at radius 2 is 1.00 bits per heavy atom. The van der Waals surface area contributed by atoms with Crippen molar-refractivity contribution in [2.45, 2.75) is 136 Å². The first-order chi connectivity index (χ1) is 13.7. The first-order valence-corrected chi connectivity index (χ1v) is 12.2. The largest absolute Gasteiger partial charge is 0.396 e. The van der Waals surface area contributed by atoms with E-state index in [1.165, 1.54) is 96.3 Å². The van der Waals surface area contributed by atoms with Gasteiger partial charge in [-0.2, -0.15) is 0 Å². The molecule has 0 spiro atoms. The van der Waals surface area contributed by atoms with E-state index < -0.39 is 0 Å². The van der Waals surface area contributed by atoms with Crippen LogP contribution in [0, 0.1) is 0 Å². The number of hydrogen-bond acceptors (Lipinski definition) is 2. The van der Waals surface area contributed by atoms with E-state index >= 15 is 0 Å². The first kappa shape index (κ1) is 29.4. The fraction of sp³-hybridized carbons (Fsp3) is 0.880. The third-order valence-electron chi connectivity index (χ3n) is 4.91. The van der Waals surface area contributed by atoms with Crippen LogP contribution in [0.5, 0.6) is 0 Å². The fourth-order valence-electron chi connectivity index (χ4n) is 3.08. The number of nitrogens with two attached hydrogens (primary N) is 1. The summed E-state index contributed by atoms with van der Waals surface area (Å²) in [7, 11) is 0. The molecule has 0 radical (unpaired) electrons. The maximum atomic E-state index is 10.6. The second-order valence-corrected chi connectivity index (χ2v) is 7.94. The molecule has 0 saturated carbocycles. The molecule has 3 N–H and O–H groups in total. The molecule has 0 unspecified atom stereocenters. The van der Waals surface area contributed by atoms with Gasteiger partial charge in [0.2, 0.25) is 5.91 Å². The molecule has 0 aliphatic heterocycles. The Bertz CT molecular complexity index is 314. The SMILES string of the molecule is CCCCCCCC/C=C\CCCCCCCCCCCC(N)=O.CCCO. The van der Waals surface area contributed by atoms with Crippen molar-refractivity contribution in [3.8, 4) is 0 Å². The number of hydrogen-bond donors (Lipinski definition) is 2. The summed E-state index contributed by atoms with van der Waals surface area (Å²) in [6, 6.07) is 0. The van der Waals surface area contributed by atoms with Crippen LogP contribution >= 0.6 is 0 Å². The van der Waals surface area contributed by atoms with Gasteiger partial charge in [-0.05, 0) is 38.5 Å². The lowest BCUT2D eigenvalue weighted by molar-refractivity contribution is -0.118. The molecule has 0 rings (SSSR count). The molecule has 0 aromatic carbocycles. The fourth-order valence-corrected chi connectivity index (χ4v) is 3.08. The van der Waals surface area contributed by atoms with Crippen molar-refractivity contribution in [2.24, 2.45) is 5.73 Å². The van der Waals surface area contributed by atoms with Crippen molar-refractivity contribution in [2.75, 3.05) is 6.61 Å². The number of amides is 1. The number of unbranched alkanes of at least 4 members (excludes halogenated alkanes) is 15. The lowest BCUT2D eigenvalue weighted by Crippen LogP contribution is -2.09. The van der Waals surface area contributed by atoms with Gasteiger partial charge in [0.05, 0.1) is 0 Å². The number of rotatable bonds is 20. The number of carbonyl (C=O) groups excluding carboxylic acids is 1. The van der Waals surface area contributed by atoms with E-state index in [0.717, 1.165) is 19.3 Å². The molecule has 168 valence electrons. The van der Waals surface area contributed by atoms with Crippen LogP contribution in [0.4, 0.5) is 0 Å². The van der Waals surface area contributed by atoms with Crippen molar-refractivity contribution in [1.82, 2.24) is 0 Å². The van der Waals surface area contributed by atoms with Gasteiger partial charge in [-0.3, -0.25) is 4.79 Å². The maximum absolute atomic E-state index is 10.6. The van der Waals surface area contributed by atoms with Crippen molar-refractivity contribution in [3.63, 3.8) is 0 Å². The molecular weight excluding hydrogens is 346 g/mol. The molecule has 28 heavy (non-hydrogen) atoms. The third-order valence-corrected chi connectivity index (χ3v) is 4.91. The highest BCUT2D eigenvalue weighted by Crippen LogP contribution is 2.12. The molecule has 1 amide bonds. The molecule has 0 fully saturated rings. The molecule has 0 aromatic rings. The van der Waals surface area contributed by atoms with Crippen molar-refractivity contribution >= 4 is 5.91 Å². The summed E-state index contributed by atoms with van der Waals surface area (Å²) in [6.07, 6.45) is 28.7. The Morgan fingerprint density at radius 3 is 1.36 bits per heavy atom. The normalized spacial score (nSPS) is 10.8. The second kappa shape index (κ2) is 28.4. The van der Waals surface area contributed by atoms with Crippen LogP contribution in [0.1, 0.15) is 136 Å². The number of primary amides is 1. The summed E-state index contributed by atoms with van der Waals surface area (Å²) in [5, 5.41) is 7.88. The van der Waals surface area contributed by atoms with Crippen LogP contribution < -0.4 is 5.73 Å². The summed E-state index contributed by atoms with van der Waals surface area (Å²) >= 11 is 0. The van der Waals surface area contributed by atoms with Crippen molar-refractivity contribution < 1.29 is 9.90 Å². The average molecular weight is 398 g/mol. The molecule has 0 aliphatic carbocycles. The third kappa shape index (κ3) is 32.8. The predicted octanol–water partition coefficient (Wildman–Crippen LogP) is 7.46. The minimum atomic E-state index is -0.156. The van der Waals surface area contributed by atoms with Gasteiger partial charge < -0.3 is 10.8 Å². The van der Waals surface area contributed by atoms with Gasteiger partial charge in [-0.1, -0.05) is 103 Å². The molecule has 0 aromatic heterocycles. The number of aliphatic hydroxyl groups is 1. The second-order valence-electron chi connectivity index (χ2n) is 7.94. The molecule has 0 heterocycles. The topological polar surface area (TPSA) is 63.3 Å². The van der Waals surface area contributed by atoms with E-state index in [1.807, 2.05) is 6.92 Å². The van der Waals surface area contributed by atoms with E-state index in [1.54, 1.807) is 0 Å². The maximum Gasteiger partial charge on any atom is 0.217 e. The van der Waals surface area contributed by atoms with Gasteiger partial charge >= 0.3 is 0 Å². The standard InChI is InChI=1S/C22H43NO.C3H8O/c1-2-3-4-5-6-7-8-9-10-11-12-13-14-15-16-17-18-19-20-21-22(23)24;1-2-3-4/h9-10H,2-8,11-21H2,1H3,(H2,23,24);4H,2-3H2,1H3/b10-9-;. The quantitative estimate of drug-likeness (QED) is 0.165. The average Bonchev–Trinajstić information content (AvgIpc) is 2.69. The smallest absolute Gasteiger partial charge is 0.217 e. The molecule has 0 bridgehead atoms. The van der Waals surface area contributed by atoms with E-state index in [0.29, 0.717) is 13.0 Å². The van der Waals surface area contributed by atoms with E-state index in [2.05, 4.69) is 19.1 Å². The van der Waals surface area contributed by atoms with Gasteiger partial charge in [0.1, 0.15) is 0 Å². The van der Waals surface area contributed by atoms with Crippen LogP contribution in [0.25, 0.3) is 0 Å². The Labute approximate surface area is 176 Å². The Balaban J connectivity index is 0. The Morgan fingerprint density at radius 1 is 0.643 bits per heavy atom. The van der Waals surface area contributed by atoms with Crippen LogP contribution in [-0.2, 0) is 4.79 Å². The van der Waals surface area contributed by atoms with E-state index in [9.17, 15) is 4.79 Å². The van der Waals surface area contributed by atoms with Gasteiger partial charge in [0, 0.05) is 13.0 Å². The van der Waals surface area contributed by atoms with Crippen LogP contribution in [-0.4, -0.2) is 17.6 Å². The van der Waals surface area contributed by atoms with Gasteiger partial charge in [-0.25, -0.2) is 0 Å². The molecule has 0 aliphatic rings. The first-order valence-electron chi connectivity index (χ1n) is 12.2. The Kier molecular flexibility index (Phi) is 29.8. The summed E-state index contributed by atoms with van der Waals surface area (Å²) in [5.74, 6) is -0.156. The van der Waals surface area contributed by atoms with Gasteiger partial charge in [-0.15, -0.1) is 0 Å². The lowest BCUT2D eigenvalue weighted by Gasteiger charge is -2.01. The number of carbonyl (C=O) groups is 1. The zero-order chi connectivity index (χ0) is 21.1. The Hall–Kier alpha value is -0.830. The van der Waals surface area contributed by atoms with Crippen molar-refractivity contribution in [3.05, 3.63) is 12.2 Å². The molecule has 0 saturated heterocycles. The molecule has 3 heteroatoms. The molecule has 0 atom stereocenters.